The molecule has 0 radical (unpaired) electrons. The van der Waals surface area contributed by atoms with Crippen molar-refractivity contribution in [2.75, 3.05) is 17.1 Å². The Bertz CT molecular complexity index is 1120. The van der Waals surface area contributed by atoms with Gasteiger partial charge in [0, 0.05) is 17.1 Å². The highest BCUT2D eigenvalue weighted by molar-refractivity contribution is 7.92. The van der Waals surface area contributed by atoms with E-state index in [1.807, 2.05) is 58.0 Å². The fourth-order valence-electron chi connectivity index (χ4n) is 3.43. The van der Waals surface area contributed by atoms with Crippen LogP contribution < -0.4 is 9.62 Å². The number of sulfonamides is 1. The van der Waals surface area contributed by atoms with E-state index in [1.165, 1.54) is 23.1 Å². The third-order valence-corrected chi connectivity index (χ3v) is 6.60. The van der Waals surface area contributed by atoms with Gasteiger partial charge in [0.2, 0.25) is 21.8 Å². The van der Waals surface area contributed by atoms with E-state index in [2.05, 4.69) is 5.32 Å². The van der Waals surface area contributed by atoms with Crippen molar-refractivity contribution >= 4 is 50.7 Å². The highest BCUT2D eigenvalue weighted by Crippen LogP contribution is 2.30. The van der Waals surface area contributed by atoms with Gasteiger partial charge in [-0.15, -0.1) is 0 Å². The lowest BCUT2D eigenvalue weighted by Crippen LogP contribution is -2.55. The summed E-state index contributed by atoms with van der Waals surface area (Å²) in [5, 5.41) is 3.35. The first-order chi connectivity index (χ1) is 15.7. The smallest absolute Gasteiger partial charge is 0.244 e. The van der Waals surface area contributed by atoms with E-state index in [1.54, 1.807) is 0 Å². The highest BCUT2D eigenvalue weighted by Gasteiger charge is 2.33. The Hall–Kier alpha value is -2.29. The van der Waals surface area contributed by atoms with Crippen LogP contribution in [-0.2, 0) is 26.2 Å². The normalized spacial score (nSPS) is 12.7. The molecule has 10 heteroatoms. The zero-order valence-electron chi connectivity index (χ0n) is 20.0. The maximum Gasteiger partial charge on any atom is 0.244 e. The topological polar surface area (TPSA) is 86.8 Å². The van der Waals surface area contributed by atoms with Crippen molar-refractivity contribution in [1.82, 2.24) is 10.2 Å². The van der Waals surface area contributed by atoms with Gasteiger partial charge in [0.1, 0.15) is 12.6 Å². The molecule has 2 rings (SSSR count). The Morgan fingerprint density at radius 3 is 2.18 bits per heavy atom. The molecule has 0 saturated carbocycles. The molecule has 0 aliphatic rings. The van der Waals surface area contributed by atoms with Gasteiger partial charge in [-0.1, -0.05) is 60.5 Å². The average Bonchev–Trinajstić information content (AvgIpc) is 2.71. The first-order valence-electron chi connectivity index (χ1n) is 10.8. The standard InChI is InChI=1S/C24H31Cl2N3O4S/c1-6-20(23(31)27-24(2,3)4)28(15-17-10-8-7-9-11-17)22(30)16-29(34(5,32)33)21-13-12-18(25)14-19(21)26/h7-14,20H,6,15-16H2,1-5H3,(H,27,31). The summed E-state index contributed by atoms with van der Waals surface area (Å²) >= 11 is 12.2. The number of carbonyl (C=O) groups is 2. The molecule has 34 heavy (non-hydrogen) atoms. The maximum atomic E-state index is 13.6. The number of benzene rings is 2. The number of anilines is 1. The molecule has 0 aromatic heterocycles. The molecule has 2 amide bonds. The molecule has 0 aliphatic heterocycles. The molecule has 0 aliphatic carbocycles. The van der Waals surface area contributed by atoms with Crippen molar-refractivity contribution in [1.29, 1.82) is 0 Å². The summed E-state index contributed by atoms with van der Waals surface area (Å²) in [5.41, 5.74) is 0.448. The number of carbonyl (C=O) groups excluding carboxylic acids is 2. The number of amides is 2. The van der Waals surface area contributed by atoms with Crippen LogP contribution in [-0.4, -0.2) is 49.5 Å². The Morgan fingerprint density at radius 2 is 1.68 bits per heavy atom. The lowest BCUT2D eigenvalue weighted by Gasteiger charge is -2.34. The van der Waals surface area contributed by atoms with Crippen LogP contribution in [0.3, 0.4) is 0 Å². The molecule has 0 spiro atoms. The van der Waals surface area contributed by atoms with E-state index < -0.39 is 34.1 Å². The summed E-state index contributed by atoms with van der Waals surface area (Å²) in [5.74, 6) is -0.842. The second-order valence-electron chi connectivity index (χ2n) is 9.04. The largest absolute Gasteiger partial charge is 0.350 e. The molecule has 0 heterocycles. The minimum Gasteiger partial charge on any atom is -0.350 e. The molecule has 2 aromatic rings. The van der Waals surface area contributed by atoms with Gasteiger partial charge in [0.05, 0.1) is 17.0 Å². The maximum absolute atomic E-state index is 13.6. The van der Waals surface area contributed by atoms with Gasteiger partial charge < -0.3 is 10.2 Å². The number of halogens is 2. The summed E-state index contributed by atoms with van der Waals surface area (Å²) in [7, 11) is -3.88. The Morgan fingerprint density at radius 1 is 1.06 bits per heavy atom. The summed E-state index contributed by atoms with van der Waals surface area (Å²) in [6.45, 7) is 7.00. The van der Waals surface area contributed by atoms with Crippen LogP contribution in [0.25, 0.3) is 0 Å². The molecule has 1 unspecified atom stereocenters. The van der Waals surface area contributed by atoms with Crippen molar-refractivity contribution in [3.05, 3.63) is 64.1 Å². The second-order valence-corrected chi connectivity index (χ2v) is 11.8. The third-order valence-electron chi connectivity index (χ3n) is 4.94. The molecule has 7 nitrogen and oxygen atoms in total. The lowest BCUT2D eigenvalue weighted by molar-refractivity contribution is -0.141. The molecule has 0 saturated heterocycles. The summed E-state index contributed by atoms with van der Waals surface area (Å²) in [6.07, 6.45) is 1.34. The Labute approximate surface area is 212 Å². The number of hydrogen-bond donors (Lipinski definition) is 1. The Kier molecular flexibility index (Phi) is 9.39. The molecule has 1 atom stereocenters. The van der Waals surface area contributed by atoms with Crippen molar-refractivity contribution in [3.8, 4) is 0 Å². The molecule has 1 N–H and O–H groups in total. The van der Waals surface area contributed by atoms with E-state index in [9.17, 15) is 18.0 Å². The monoisotopic (exact) mass is 527 g/mol. The van der Waals surface area contributed by atoms with Crippen LogP contribution in [0.15, 0.2) is 48.5 Å². The second kappa shape index (κ2) is 11.4. The average molecular weight is 529 g/mol. The SMILES string of the molecule is CCC(C(=O)NC(C)(C)C)N(Cc1ccccc1)C(=O)CN(c1ccc(Cl)cc1Cl)S(C)(=O)=O. The van der Waals surface area contributed by atoms with Crippen molar-refractivity contribution in [2.24, 2.45) is 0 Å². The van der Waals surface area contributed by atoms with Gasteiger partial charge in [0.15, 0.2) is 0 Å². The zero-order valence-corrected chi connectivity index (χ0v) is 22.3. The van der Waals surface area contributed by atoms with E-state index in [0.717, 1.165) is 16.1 Å². The first-order valence-corrected chi connectivity index (χ1v) is 13.4. The number of rotatable bonds is 9. The predicted molar refractivity (Wildman–Crippen MR) is 138 cm³/mol. The van der Waals surface area contributed by atoms with Crippen LogP contribution >= 0.6 is 23.2 Å². The predicted octanol–water partition coefficient (Wildman–Crippen LogP) is 4.48. The number of nitrogens with one attached hydrogen (secondary N) is 1. The third kappa shape index (κ3) is 7.89. The van der Waals surface area contributed by atoms with Crippen LogP contribution in [0.4, 0.5) is 5.69 Å². The van der Waals surface area contributed by atoms with Gasteiger partial charge >= 0.3 is 0 Å². The van der Waals surface area contributed by atoms with E-state index in [0.29, 0.717) is 11.4 Å². The minimum absolute atomic E-state index is 0.0952. The molecule has 186 valence electrons. The van der Waals surface area contributed by atoms with Crippen LogP contribution in [0.1, 0.15) is 39.7 Å². The number of nitrogens with zero attached hydrogens (tertiary/aromatic N) is 2. The van der Waals surface area contributed by atoms with Gasteiger partial charge in [-0.2, -0.15) is 0 Å². The van der Waals surface area contributed by atoms with E-state index in [4.69, 9.17) is 23.2 Å². The van der Waals surface area contributed by atoms with Crippen molar-refractivity contribution in [3.63, 3.8) is 0 Å². The van der Waals surface area contributed by atoms with Crippen molar-refractivity contribution < 1.29 is 18.0 Å². The fourth-order valence-corrected chi connectivity index (χ4v) is 4.85. The summed E-state index contributed by atoms with van der Waals surface area (Å²) in [4.78, 5) is 28.1. The van der Waals surface area contributed by atoms with Gasteiger partial charge in [-0.3, -0.25) is 13.9 Å². The number of hydrogen-bond acceptors (Lipinski definition) is 4. The highest BCUT2D eigenvalue weighted by atomic mass is 35.5. The fraction of sp³-hybridized carbons (Fsp3) is 0.417. The lowest BCUT2D eigenvalue weighted by atomic mass is 10.1. The van der Waals surface area contributed by atoms with E-state index >= 15 is 0 Å². The molecular weight excluding hydrogens is 497 g/mol. The molecule has 0 bridgehead atoms. The molecular formula is C24H31Cl2N3O4S. The quantitative estimate of drug-likeness (QED) is 0.520. The van der Waals surface area contributed by atoms with Gasteiger partial charge in [-0.05, 0) is 51.0 Å². The first kappa shape index (κ1) is 28.0. The van der Waals surface area contributed by atoms with Crippen LogP contribution in [0, 0.1) is 0 Å². The summed E-state index contributed by atoms with van der Waals surface area (Å²) in [6, 6.07) is 12.8. The van der Waals surface area contributed by atoms with Crippen LogP contribution in [0.2, 0.25) is 10.0 Å². The van der Waals surface area contributed by atoms with Crippen molar-refractivity contribution in [2.45, 2.75) is 52.2 Å². The Balaban J connectivity index is 2.46. The van der Waals surface area contributed by atoms with Crippen LogP contribution in [0.5, 0.6) is 0 Å². The molecule has 2 aromatic carbocycles. The summed E-state index contributed by atoms with van der Waals surface area (Å²) < 4.78 is 26.2. The van der Waals surface area contributed by atoms with Gasteiger partial charge in [0.25, 0.3) is 0 Å². The zero-order chi connectivity index (χ0) is 25.7. The van der Waals surface area contributed by atoms with Gasteiger partial charge in [-0.25, -0.2) is 8.42 Å². The van der Waals surface area contributed by atoms with E-state index in [-0.39, 0.29) is 23.2 Å². The molecule has 0 fully saturated rings. The minimum atomic E-state index is -3.88.